The van der Waals surface area contributed by atoms with Crippen molar-refractivity contribution in [2.45, 2.75) is 23.3 Å². The number of aliphatic hydroxyl groups is 1. The molecule has 0 unspecified atom stereocenters. The summed E-state index contributed by atoms with van der Waals surface area (Å²) in [5, 5.41) is 10.2. The second kappa shape index (κ2) is 4.30. The van der Waals surface area contributed by atoms with Crippen molar-refractivity contribution < 1.29 is 18.3 Å². The molecular formula is C14H17NO4S. The Kier molecular flexibility index (Phi) is 2.92. The summed E-state index contributed by atoms with van der Waals surface area (Å²) in [6.07, 6.45) is 3.22. The molecule has 1 amide bonds. The van der Waals surface area contributed by atoms with Crippen LogP contribution >= 0.6 is 0 Å². The number of nitrogens with zero attached hydrogens (tertiary/aromatic N) is 1. The number of β-amino-alcohol motifs (C(OH)–C–C–N with tert-alkyl or cyclic N) is 1. The van der Waals surface area contributed by atoms with Gasteiger partial charge in [-0.2, -0.15) is 0 Å². The van der Waals surface area contributed by atoms with E-state index < -0.39 is 15.4 Å². The molecule has 2 aliphatic rings. The molecule has 0 spiro atoms. The highest BCUT2D eigenvalue weighted by Crippen LogP contribution is 2.44. The molecule has 5 nitrogen and oxygen atoms in total. The van der Waals surface area contributed by atoms with Gasteiger partial charge < -0.3 is 10.0 Å². The number of hydrogen-bond acceptors (Lipinski definition) is 4. The molecule has 1 saturated heterocycles. The summed E-state index contributed by atoms with van der Waals surface area (Å²) in [4.78, 5) is 14.0. The Morgan fingerprint density at radius 2 is 1.80 bits per heavy atom. The lowest BCUT2D eigenvalue weighted by atomic mass is 9.88. The Morgan fingerprint density at radius 3 is 2.25 bits per heavy atom. The highest BCUT2D eigenvalue weighted by Gasteiger charge is 2.53. The van der Waals surface area contributed by atoms with Crippen LogP contribution in [0.5, 0.6) is 0 Å². The van der Waals surface area contributed by atoms with E-state index in [1.54, 1.807) is 4.90 Å². The zero-order chi connectivity index (χ0) is 14.5. The molecule has 20 heavy (non-hydrogen) atoms. The zero-order valence-electron chi connectivity index (χ0n) is 11.2. The van der Waals surface area contributed by atoms with Crippen LogP contribution < -0.4 is 0 Å². The van der Waals surface area contributed by atoms with E-state index in [2.05, 4.69) is 0 Å². The molecule has 1 heterocycles. The molecule has 1 aliphatic carbocycles. The molecule has 108 valence electrons. The molecule has 0 bridgehead atoms. The number of sulfone groups is 1. The first-order valence-electron chi connectivity index (χ1n) is 6.61. The highest BCUT2D eigenvalue weighted by molar-refractivity contribution is 7.90. The summed E-state index contributed by atoms with van der Waals surface area (Å²) in [5.74, 6) is 0.189. The minimum Gasteiger partial charge on any atom is -0.386 e. The molecule has 1 aromatic rings. The van der Waals surface area contributed by atoms with Crippen molar-refractivity contribution in [3.8, 4) is 0 Å². The summed E-state index contributed by atoms with van der Waals surface area (Å²) in [7, 11) is -3.24. The minimum atomic E-state index is -3.24. The molecule has 2 fully saturated rings. The van der Waals surface area contributed by atoms with E-state index in [9.17, 15) is 18.3 Å². The maximum atomic E-state index is 12.2. The largest absolute Gasteiger partial charge is 0.386 e. The van der Waals surface area contributed by atoms with Gasteiger partial charge in [0.15, 0.2) is 9.84 Å². The number of carbonyl (C=O) groups excluding carboxylic acids is 1. The van der Waals surface area contributed by atoms with Gasteiger partial charge in [-0.1, -0.05) is 0 Å². The predicted octanol–water partition coefficient (Wildman–Crippen LogP) is 0.687. The van der Waals surface area contributed by atoms with Gasteiger partial charge in [0.2, 0.25) is 0 Å². The summed E-state index contributed by atoms with van der Waals surface area (Å²) in [5.41, 5.74) is -0.238. The van der Waals surface area contributed by atoms with Crippen molar-refractivity contribution >= 4 is 15.7 Å². The number of benzene rings is 1. The second-order valence-corrected chi connectivity index (χ2v) is 7.85. The fourth-order valence-electron chi connectivity index (χ4n) is 2.66. The van der Waals surface area contributed by atoms with Crippen LogP contribution in [0.25, 0.3) is 0 Å². The summed E-state index contributed by atoms with van der Waals surface area (Å²) >= 11 is 0. The van der Waals surface area contributed by atoms with Crippen molar-refractivity contribution in [3.05, 3.63) is 29.8 Å². The first kappa shape index (κ1) is 13.6. The number of amides is 1. The van der Waals surface area contributed by atoms with E-state index in [0.29, 0.717) is 24.6 Å². The van der Waals surface area contributed by atoms with E-state index in [-0.39, 0.29) is 10.8 Å². The van der Waals surface area contributed by atoms with Crippen molar-refractivity contribution in [1.82, 2.24) is 4.90 Å². The molecule has 0 aromatic heterocycles. The average Bonchev–Trinajstić information content (AvgIpc) is 3.18. The van der Waals surface area contributed by atoms with Gasteiger partial charge in [0.1, 0.15) is 5.60 Å². The molecule has 1 saturated carbocycles. The number of rotatable bonds is 3. The van der Waals surface area contributed by atoms with Crippen molar-refractivity contribution in [3.63, 3.8) is 0 Å². The van der Waals surface area contributed by atoms with Gasteiger partial charge in [0.05, 0.1) is 18.0 Å². The third kappa shape index (κ3) is 2.33. The van der Waals surface area contributed by atoms with Crippen LogP contribution in [0.1, 0.15) is 23.2 Å². The Bertz CT molecular complexity index is 640. The number of likely N-dealkylation sites (tertiary alicyclic amines) is 1. The molecule has 3 rings (SSSR count). The lowest BCUT2D eigenvalue weighted by Crippen LogP contribution is -2.64. The van der Waals surface area contributed by atoms with Gasteiger partial charge in [0, 0.05) is 11.8 Å². The second-order valence-electron chi connectivity index (χ2n) is 5.84. The quantitative estimate of drug-likeness (QED) is 0.890. The van der Waals surface area contributed by atoms with Crippen LogP contribution in [0.4, 0.5) is 0 Å². The van der Waals surface area contributed by atoms with Crippen LogP contribution in [0.3, 0.4) is 0 Å². The Balaban J connectivity index is 1.69. The maximum Gasteiger partial charge on any atom is 0.254 e. The van der Waals surface area contributed by atoms with E-state index in [1.165, 1.54) is 24.3 Å². The molecule has 1 aromatic carbocycles. The predicted molar refractivity (Wildman–Crippen MR) is 73.1 cm³/mol. The normalized spacial score (nSPS) is 21.4. The molecule has 0 radical (unpaired) electrons. The van der Waals surface area contributed by atoms with Crippen molar-refractivity contribution in [1.29, 1.82) is 0 Å². The van der Waals surface area contributed by atoms with Gasteiger partial charge in [0.25, 0.3) is 5.91 Å². The van der Waals surface area contributed by atoms with E-state index >= 15 is 0 Å². The molecule has 1 N–H and O–H groups in total. The van der Waals surface area contributed by atoms with E-state index in [4.69, 9.17) is 0 Å². The topological polar surface area (TPSA) is 74.7 Å². The van der Waals surface area contributed by atoms with Gasteiger partial charge in [-0.25, -0.2) is 8.42 Å². The fraction of sp³-hybridized carbons (Fsp3) is 0.500. The molecule has 0 atom stereocenters. The zero-order valence-corrected chi connectivity index (χ0v) is 12.1. The summed E-state index contributed by atoms with van der Waals surface area (Å²) in [6.45, 7) is 0.759. The third-order valence-electron chi connectivity index (χ3n) is 4.08. The monoisotopic (exact) mass is 295 g/mol. The van der Waals surface area contributed by atoms with Gasteiger partial charge in [-0.3, -0.25) is 4.79 Å². The fourth-order valence-corrected chi connectivity index (χ4v) is 3.29. The van der Waals surface area contributed by atoms with Crippen LogP contribution in [0, 0.1) is 5.92 Å². The van der Waals surface area contributed by atoms with Gasteiger partial charge in [-0.15, -0.1) is 0 Å². The summed E-state index contributed by atoms with van der Waals surface area (Å²) < 4.78 is 22.7. The van der Waals surface area contributed by atoms with Crippen LogP contribution in [0.2, 0.25) is 0 Å². The standard InChI is InChI=1S/C14H17NO4S/c1-20(18,19)12-6-2-10(3-7-12)13(16)15-8-14(17,9-15)11-4-5-11/h2-3,6-7,11,17H,4-5,8-9H2,1H3. The van der Waals surface area contributed by atoms with Gasteiger partial charge in [-0.05, 0) is 43.0 Å². The van der Waals surface area contributed by atoms with E-state index in [1.807, 2.05) is 0 Å². The number of hydrogen-bond donors (Lipinski definition) is 1. The smallest absolute Gasteiger partial charge is 0.254 e. The SMILES string of the molecule is CS(=O)(=O)c1ccc(C(=O)N2CC(O)(C3CC3)C2)cc1. The van der Waals surface area contributed by atoms with Crippen LogP contribution in [-0.2, 0) is 9.84 Å². The lowest BCUT2D eigenvalue weighted by Gasteiger charge is -2.47. The van der Waals surface area contributed by atoms with Gasteiger partial charge >= 0.3 is 0 Å². The summed E-state index contributed by atoms with van der Waals surface area (Å²) in [6, 6.07) is 5.92. The highest BCUT2D eigenvalue weighted by atomic mass is 32.2. The lowest BCUT2D eigenvalue weighted by molar-refractivity contribution is -0.0958. The number of carbonyl (C=O) groups is 1. The Hall–Kier alpha value is -1.40. The Morgan fingerprint density at radius 1 is 1.25 bits per heavy atom. The molecule has 1 aliphatic heterocycles. The average molecular weight is 295 g/mol. The van der Waals surface area contributed by atoms with Crippen LogP contribution in [-0.4, -0.2) is 49.3 Å². The molecular weight excluding hydrogens is 278 g/mol. The Labute approximate surface area is 118 Å². The van der Waals surface area contributed by atoms with Crippen LogP contribution in [0.15, 0.2) is 29.2 Å². The molecule has 6 heteroatoms. The van der Waals surface area contributed by atoms with E-state index in [0.717, 1.165) is 19.1 Å². The first-order chi connectivity index (χ1) is 9.29. The van der Waals surface area contributed by atoms with Crippen molar-refractivity contribution in [2.24, 2.45) is 5.92 Å². The first-order valence-corrected chi connectivity index (χ1v) is 8.50. The van der Waals surface area contributed by atoms with Crippen molar-refractivity contribution in [2.75, 3.05) is 19.3 Å². The third-order valence-corrected chi connectivity index (χ3v) is 5.21. The minimum absolute atomic E-state index is 0.157. The maximum absolute atomic E-state index is 12.2.